The largest absolute Gasteiger partial charge is 0.309 e. The molecule has 0 radical (unpaired) electrons. The molecule has 1 saturated heterocycles. The highest BCUT2D eigenvalue weighted by molar-refractivity contribution is 7.89. The van der Waals surface area contributed by atoms with Crippen LogP contribution in [0.3, 0.4) is 0 Å². The zero-order valence-electron chi connectivity index (χ0n) is 11.4. The molecule has 1 fully saturated rings. The van der Waals surface area contributed by atoms with Crippen molar-refractivity contribution in [1.29, 1.82) is 0 Å². The molecule has 0 aliphatic carbocycles. The van der Waals surface area contributed by atoms with E-state index in [4.69, 9.17) is 0 Å². The average molecular weight is 280 g/mol. The Morgan fingerprint density at radius 1 is 1.21 bits per heavy atom. The number of nitrogens with one attached hydrogen (secondary N) is 1. The summed E-state index contributed by atoms with van der Waals surface area (Å²) in [6.07, 6.45) is 0.929. The Hall–Kier alpha value is -0.910. The Balaban J connectivity index is 1.93. The fourth-order valence-corrected chi connectivity index (χ4v) is 4.53. The van der Waals surface area contributed by atoms with Crippen LogP contribution >= 0.6 is 0 Å². The van der Waals surface area contributed by atoms with Crippen LogP contribution in [0.25, 0.3) is 0 Å². The minimum absolute atomic E-state index is 0.0886. The van der Waals surface area contributed by atoms with Crippen molar-refractivity contribution in [1.82, 2.24) is 9.62 Å². The molecule has 1 aromatic carbocycles. The van der Waals surface area contributed by atoms with Gasteiger partial charge >= 0.3 is 0 Å². The molecule has 0 atom stereocenters. The van der Waals surface area contributed by atoms with Gasteiger partial charge in [-0.2, -0.15) is 4.31 Å². The maximum atomic E-state index is 12.6. The molecular weight excluding hydrogens is 260 g/mol. The molecule has 104 valence electrons. The second kappa shape index (κ2) is 4.30. The van der Waals surface area contributed by atoms with E-state index in [0.717, 1.165) is 25.1 Å². The van der Waals surface area contributed by atoms with E-state index in [9.17, 15) is 8.42 Å². The van der Waals surface area contributed by atoms with Gasteiger partial charge in [0, 0.05) is 26.2 Å². The predicted octanol–water partition coefficient (Wildman–Crippen LogP) is 1.71. The van der Waals surface area contributed by atoms with E-state index in [2.05, 4.69) is 19.2 Å². The summed E-state index contributed by atoms with van der Waals surface area (Å²) in [7, 11) is -3.33. The summed E-state index contributed by atoms with van der Waals surface area (Å²) < 4.78 is 26.9. The molecule has 1 N–H and O–H groups in total. The second-order valence-electron chi connectivity index (χ2n) is 6.29. The molecule has 1 aromatic rings. The van der Waals surface area contributed by atoms with E-state index < -0.39 is 10.0 Å². The normalized spacial score (nSPS) is 22.6. The Morgan fingerprint density at radius 3 is 2.63 bits per heavy atom. The summed E-state index contributed by atoms with van der Waals surface area (Å²) in [6.45, 7) is 7.09. The minimum atomic E-state index is -3.33. The van der Waals surface area contributed by atoms with Crippen LogP contribution in [0.15, 0.2) is 23.1 Å². The summed E-state index contributed by atoms with van der Waals surface area (Å²) in [5.74, 6) is 0. The molecule has 0 amide bonds. The third kappa shape index (κ3) is 2.30. The summed E-state index contributed by atoms with van der Waals surface area (Å²) in [5.41, 5.74) is 2.41. The van der Waals surface area contributed by atoms with Crippen LogP contribution in [0.1, 0.15) is 31.4 Å². The first-order valence-electron chi connectivity index (χ1n) is 6.71. The van der Waals surface area contributed by atoms with Gasteiger partial charge in [-0.05, 0) is 35.1 Å². The van der Waals surface area contributed by atoms with Gasteiger partial charge in [-0.3, -0.25) is 0 Å². The number of rotatable bonds is 2. The lowest BCUT2D eigenvalue weighted by molar-refractivity contribution is 0.375. The van der Waals surface area contributed by atoms with Crippen LogP contribution in [0.5, 0.6) is 0 Å². The SMILES string of the molecule is CC1(C)CCN(S(=O)(=O)c2ccc3c(c2)CNC3)C1. The monoisotopic (exact) mass is 280 g/mol. The smallest absolute Gasteiger partial charge is 0.243 e. The van der Waals surface area contributed by atoms with Gasteiger partial charge in [-0.15, -0.1) is 0 Å². The van der Waals surface area contributed by atoms with Gasteiger partial charge in [-0.25, -0.2) is 8.42 Å². The summed E-state index contributed by atoms with van der Waals surface area (Å²) in [4.78, 5) is 0.438. The van der Waals surface area contributed by atoms with Crippen molar-refractivity contribution in [2.45, 2.75) is 38.3 Å². The molecule has 5 heteroatoms. The lowest BCUT2D eigenvalue weighted by atomic mass is 9.93. The highest BCUT2D eigenvalue weighted by Crippen LogP contribution is 2.33. The van der Waals surface area contributed by atoms with Crippen LogP contribution in [-0.2, 0) is 23.1 Å². The molecule has 2 aliphatic rings. The van der Waals surface area contributed by atoms with Crippen molar-refractivity contribution in [3.05, 3.63) is 29.3 Å². The molecule has 0 spiro atoms. The molecule has 3 rings (SSSR count). The molecule has 0 saturated carbocycles. The zero-order chi connectivity index (χ0) is 13.7. The summed E-state index contributed by atoms with van der Waals surface area (Å²) in [6, 6.07) is 5.51. The molecule has 19 heavy (non-hydrogen) atoms. The van der Waals surface area contributed by atoms with Crippen molar-refractivity contribution in [2.24, 2.45) is 5.41 Å². The highest BCUT2D eigenvalue weighted by Gasteiger charge is 2.37. The molecule has 2 heterocycles. The molecule has 0 unspecified atom stereocenters. The average Bonchev–Trinajstić information content (AvgIpc) is 2.94. The van der Waals surface area contributed by atoms with E-state index in [1.54, 1.807) is 10.4 Å². The second-order valence-corrected chi connectivity index (χ2v) is 8.22. The van der Waals surface area contributed by atoms with Gasteiger partial charge in [0.25, 0.3) is 0 Å². The summed E-state index contributed by atoms with van der Waals surface area (Å²) >= 11 is 0. The fourth-order valence-electron chi connectivity index (χ4n) is 2.85. The fraction of sp³-hybridized carbons (Fsp3) is 0.571. The summed E-state index contributed by atoms with van der Waals surface area (Å²) in [5, 5.41) is 3.24. The lowest BCUT2D eigenvalue weighted by Crippen LogP contribution is -2.30. The maximum Gasteiger partial charge on any atom is 0.243 e. The number of hydrogen-bond acceptors (Lipinski definition) is 3. The van der Waals surface area contributed by atoms with Gasteiger partial charge in [0.15, 0.2) is 0 Å². The zero-order valence-corrected chi connectivity index (χ0v) is 12.3. The Kier molecular flexibility index (Phi) is 2.96. The Bertz CT molecular complexity index is 608. The van der Waals surface area contributed by atoms with Crippen LogP contribution < -0.4 is 5.32 Å². The van der Waals surface area contributed by atoms with Gasteiger partial charge in [0.1, 0.15) is 0 Å². The van der Waals surface area contributed by atoms with Gasteiger partial charge < -0.3 is 5.32 Å². The van der Waals surface area contributed by atoms with Crippen LogP contribution in [0.4, 0.5) is 0 Å². The van der Waals surface area contributed by atoms with Crippen LogP contribution in [0.2, 0.25) is 0 Å². The predicted molar refractivity (Wildman–Crippen MR) is 74.1 cm³/mol. The Labute approximate surface area is 114 Å². The molecule has 0 aromatic heterocycles. The van der Waals surface area contributed by atoms with Crippen molar-refractivity contribution < 1.29 is 8.42 Å². The third-order valence-corrected chi connectivity index (χ3v) is 5.93. The van der Waals surface area contributed by atoms with Gasteiger partial charge in [0.05, 0.1) is 4.90 Å². The number of fused-ring (bicyclic) bond motifs is 1. The highest BCUT2D eigenvalue weighted by atomic mass is 32.2. The molecule has 4 nitrogen and oxygen atoms in total. The third-order valence-electron chi connectivity index (χ3n) is 4.09. The standard InChI is InChI=1S/C14H20N2O2S/c1-14(2)5-6-16(10-14)19(17,18)13-4-3-11-8-15-9-12(11)7-13/h3-4,7,15H,5-6,8-10H2,1-2H3. The molecule has 0 bridgehead atoms. The number of benzene rings is 1. The van der Waals surface area contributed by atoms with Gasteiger partial charge in [0.2, 0.25) is 10.0 Å². The van der Waals surface area contributed by atoms with Crippen LogP contribution in [-0.4, -0.2) is 25.8 Å². The Morgan fingerprint density at radius 2 is 1.95 bits per heavy atom. The van der Waals surface area contributed by atoms with Crippen LogP contribution in [0, 0.1) is 5.41 Å². The lowest BCUT2D eigenvalue weighted by Gasteiger charge is -2.20. The topological polar surface area (TPSA) is 49.4 Å². The van der Waals surface area contributed by atoms with E-state index in [1.165, 1.54) is 5.56 Å². The number of nitrogens with zero attached hydrogens (tertiary/aromatic N) is 1. The number of sulfonamides is 1. The maximum absolute atomic E-state index is 12.6. The van der Waals surface area contributed by atoms with E-state index in [0.29, 0.717) is 18.0 Å². The molecular formula is C14H20N2O2S. The van der Waals surface area contributed by atoms with E-state index >= 15 is 0 Å². The van der Waals surface area contributed by atoms with Crippen molar-refractivity contribution in [3.63, 3.8) is 0 Å². The van der Waals surface area contributed by atoms with Crippen molar-refractivity contribution in [2.75, 3.05) is 13.1 Å². The first kappa shape index (κ1) is 13.1. The number of hydrogen-bond donors (Lipinski definition) is 1. The van der Waals surface area contributed by atoms with E-state index in [1.807, 2.05) is 12.1 Å². The van der Waals surface area contributed by atoms with Crippen molar-refractivity contribution in [3.8, 4) is 0 Å². The first-order chi connectivity index (χ1) is 8.88. The molecule has 2 aliphatic heterocycles. The quantitative estimate of drug-likeness (QED) is 0.897. The van der Waals surface area contributed by atoms with E-state index in [-0.39, 0.29) is 5.41 Å². The van der Waals surface area contributed by atoms with Crippen molar-refractivity contribution >= 4 is 10.0 Å². The minimum Gasteiger partial charge on any atom is -0.309 e. The first-order valence-corrected chi connectivity index (χ1v) is 8.15. The van der Waals surface area contributed by atoms with Gasteiger partial charge in [-0.1, -0.05) is 19.9 Å².